The average Bonchev–Trinajstić information content (AvgIpc) is 3.12. The lowest BCUT2D eigenvalue weighted by Crippen LogP contribution is -2.42. The Morgan fingerprint density at radius 2 is 2.04 bits per heavy atom. The second-order valence-corrected chi connectivity index (χ2v) is 6.91. The fraction of sp³-hybridized carbons (Fsp3) is 0.500. The molecule has 1 saturated heterocycles. The SMILES string of the molecule is C=Cc1cc(NC(=O)C2NCCC2C2CCCCC2)ccc1N=C. The molecule has 24 heavy (non-hydrogen) atoms. The van der Waals surface area contributed by atoms with E-state index in [0.29, 0.717) is 11.8 Å². The van der Waals surface area contributed by atoms with E-state index in [9.17, 15) is 4.79 Å². The largest absolute Gasteiger partial charge is 0.325 e. The molecule has 1 heterocycles. The van der Waals surface area contributed by atoms with Crippen LogP contribution in [0.5, 0.6) is 0 Å². The van der Waals surface area contributed by atoms with Gasteiger partial charge >= 0.3 is 0 Å². The van der Waals surface area contributed by atoms with Crippen LogP contribution in [-0.4, -0.2) is 25.2 Å². The zero-order valence-corrected chi connectivity index (χ0v) is 14.3. The van der Waals surface area contributed by atoms with Gasteiger partial charge in [0.05, 0.1) is 11.7 Å². The van der Waals surface area contributed by atoms with Crippen LogP contribution in [-0.2, 0) is 4.79 Å². The molecule has 1 aromatic carbocycles. The number of nitrogens with one attached hydrogen (secondary N) is 2. The Balaban J connectivity index is 1.69. The second-order valence-electron chi connectivity index (χ2n) is 6.91. The van der Waals surface area contributed by atoms with Gasteiger partial charge in [0.15, 0.2) is 0 Å². The molecular formula is C20H27N3O. The van der Waals surface area contributed by atoms with Crippen LogP contribution in [0.1, 0.15) is 44.1 Å². The first kappa shape index (κ1) is 16.9. The minimum Gasteiger partial charge on any atom is -0.325 e. The van der Waals surface area contributed by atoms with Gasteiger partial charge in [-0.15, -0.1) is 0 Å². The van der Waals surface area contributed by atoms with Gasteiger partial charge in [-0.05, 0) is 49.7 Å². The molecule has 1 saturated carbocycles. The molecule has 2 aliphatic rings. The fourth-order valence-corrected chi connectivity index (χ4v) is 4.24. The Labute approximate surface area is 144 Å². The van der Waals surface area contributed by atoms with E-state index < -0.39 is 0 Å². The molecule has 2 N–H and O–H groups in total. The van der Waals surface area contributed by atoms with Gasteiger partial charge in [0.2, 0.25) is 5.91 Å². The predicted octanol–water partition coefficient (Wildman–Crippen LogP) is 4.16. The topological polar surface area (TPSA) is 53.5 Å². The van der Waals surface area contributed by atoms with Gasteiger partial charge in [-0.3, -0.25) is 9.79 Å². The van der Waals surface area contributed by atoms with Gasteiger partial charge in [0.1, 0.15) is 0 Å². The number of aliphatic imine (C=N–C) groups is 1. The summed E-state index contributed by atoms with van der Waals surface area (Å²) in [6, 6.07) is 5.57. The molecule has 4 nitrogen and oxygen atoms in total. The summed E-state index contributed by atoms with van der Waals surface area (Å²) in [5, 5.41) is 6.48. The summed E-state index contributed by atoms with van der Waals surface area (Å²) in [6.45, 7) is 8.30. The molecule has 4 heteroatoms. The lowest BCUT2D eigenvalue weighted by atomic mass is 9.76. The zero-order valence-electron chi connectivity index (χ0n) is 14.3. The van der Waals surface area contributed by atoms with E-state index in [1.807, 2.05) is 18.2 Å². The summed E-state index contributed by atoms with van der Waals surface area (Å²) >= 11 is 0. The minimum atomic E-state index is -0.0718. The van der Waals surface area contributed by atoms with Crippen molar-refractivity contribution in [3.63, 3.8) is 0 Å². The third-order valence-electron chi connectivity index (χ3n) is 5.49. The van der Waals surface area contributed by atoms with Crippen molar-refractivity contribution in [1.29, 1.82) is 0 Å². The van der Waals surface area contributed by atoms with Gasteiger partial charge in [0, 0.05) is 11.3 Å². The molecule has 0 radical (unpaired) electrons. The van der Waals surface area contributed by atoms with Gasteiger partial charge in [-0.2, -0.15) is 0 Å². The van der Waals surface area contributed by atoms with Crippen LogP contribution >= 0.6 is 0 Å². The molecule has 3 rings (SSSR count). The number of benzene rings is 1. The van der Waals surface area contributed by atoms with Crippen molar-refractivity contribution in [2.45, 2.75) is 44.6 Å². The van der Waals surface area contributed by atoms with E-state index in [-0.39, 0.29) is 11.9 Å². The van der Waals surface area contributed by atoms with E-state index >= 15 is 0 Å². The molecule has 1 amide bonds. The Kier molecular flexibility index (Phi) is 5.46. The monoisotopic (exact) mass is 325 g/mol. The Morgan fingerprint density at radius 1 is 1.25 bits per heavy atom. The molecule has 2 unspecified atom stereocenters. The first-order valence-electron chi connectivity index (χ1n) is 9.00. The number of anilines is 1. The molecular weight excluding hydrogens is 298 g/mol. The van der Waals surface area contributed by atoms with Crippen LogP contribution < -0.4 is 10.6 Å². The van der Waals surface area contributed by atoms with Crippen LogP contribution in [0.3, 0.4) is 0 Å². The predicted molar refractivity (Wildman–Crippen MR) is 101 cm³/mol. The molecule has 1 aliphatic carbocycles. The lowest BCUT2D eigenvalue weighted by Gasteiger charge is -2.30. The highest BCUT2D eigenvalue weighted by Crippen LogP contribution is 2.36. The summed E-state index contributed by atoms with van der Waals surface area (Å²) < 4.78 is 0. The number of hydrogen-bond donors (Lipinski definition) is 2. The van der Waals surface area contributed by atoms with Crippen molar-refractivity contribution in [2.24, 2.45) is 16.8 Å². The van der Waals surface area contributed by atoms with Crippen molar-refractivity contribution in [3.05, 3.63) is 30.3 Å². The summed E-state index contributed by atoms with van der Waals surface area (Å²) in [6.07, 6.45) is 9.37. The van der Waals surface area contributed by atoms with Crippen LogP contribution in [0.2, 0.25) is 0 Å². The molecule has 2 fully saturated rings. The Bertz CT molecular complexity index is 619. The molecule has 0 bridgehead atoms. The highest BCUT2D eigenvalue weighted by atomic mass is 16.2. The smallest absolute Gasteiger partial charge is 0.241 e. The van der Waals surface area contributed by atoms with E-state index in [0.717, 1.165) is 29.9 Å². The number of amides is 1. The maximum atomic E-state index is 12.8. The van der Waals surface area contributed by atoms with Crippen LogP contribution in [0.25, 0.3) is 6.08 Å². The van der Waals surface area contributed by atoms with E-state index in [4.69, 9.17) is 0 Å². The van der Waals surface area contributed by atoms with Crippen LogP contribution in [0.4, 0.5) is 11.4 Å². The maximum Gasteiger partial charge on any atom is 0.241 e. The van der Waals surface area contributed by atoms with Gasteiger partial charge in [0.25, 0.3) is 0 Å². The Morgan fingerprint density at radius 3 is 2.75 bits per heavy atom. The van der Waals surface area contributed by atoms with Gasteiger partial charge in [-0.25, -0.2) is 0 Å². The van der Waals surface area contributed by atoms with Crippen molar-refractivity contribution in [2.75, 3.05) is 11.9 Å². The number of nitrogens with zero attached hydrogens (tertiary/aromatic N) is 1. The first-order chi connectivity index (χ1) is 11.7. The normalized spacial score (nSPS) is 24.5. The number of carbonyl (C=O) groups excluding carboxylic acids is 1. The number of hydrogen-bond acceptors (Lipinski definition) is 3. The van der Waals surface area contributed by atoms with E-state index in [1.54, 1.807) is 6.08 Å². The first-order valence-corrected chi connectivity index (χ1v) is 9.00. The molecule has 2 atom stereocenters. The van der Waals surface area contributed by atoms with Crippen LogP contribution in [0, 0.1) is 11.8 Å². The molecule has 1 aromatic rings. The minimum absolute atomic E-state index is 0.0718. The summed E-state index contributed by atoms with van der Waals surface area (Å²) in [4.78, 5) is 16.8. The van der Waals surface area contributed by atoms with Crippen LogP contribution in [0.15, 0.2) is 29.8 Å². The number of rotatable bonds is 5. The highest BCUT2D eigenvalue weighted by molar-refractivity contribution is 5.96. The summed E-state index contributed by atoms with van der Waals surface area (Å²) in [5.41, 5.74) is 2.45. The Hall–Kier alpha value is -1.94. The molecule has 1 aliphatic heterocycles. The van der Waals surface area contributed by atoms with Crippen molar-refractivity contribution in [3.8, 4) is 0 Å². The third kappa shape index (κ3) is 3.59. The fourth-order valence-electron chi connectivity index (χ4n) is 4.24. The zero-order chi connectivity index (χ0) is 16.9. The lowest BCUT2D eigenvalue weighted by molar-refractivity contribution is -0.119. The van der Waals surface area contributed by atoms with Gasteiger partial charge < -0.3 is 10.6 Å². The van der Waals surface area contributed by atoms with Gasteiger partial charge in [-0.1, -0.05) is 44.8 Å². The van der Waals surface area contributed by atoms with E-state index in [2.05, 4.69) is 28.9 Å². The molecule has 128 valence electrons. The quantitative estimate of drug-likeness (QED) is 0.799. The highest BCUT2D eigenvalue weighted by Gasteiger charge is 2.38. The summed E-state index contributed by atoms with van der Waals surface area (Å²) in [5.74, 6) is 1.25. The standard InChI is InChI=1S/C20H27N3O/c1-3-14-13-16(9-10-18(14)21-2)23-20(24)19-17(11-12-22-19)15-7-5-4-6-8-15/h3,9-10,13,15,17,19,22H,1-2,4-8,11-12H2,(H,23,24). The van der Waals surface area contributed by atoms with E-state index in [1.165, 1.54) is 32.1 Å². The van der Waals surface area contributed by atoms with Crippen molar-refractivity contribution >= 4 is 30.1 Å². The second kappa shape index (κ2) is 7.75. The van der Waals surface area contributed by atoms with Crippen molar-refractivity contribution in [1.82, 2.24) is 5.32 Å². The molecule has 0 spiro atoms. The average molecular weight is 325 g/mol. The summed E-state index contributed by atoms with van der Waals surface area (Å²) in [7, 11) is 0. The third-order valence-corrected chi connectivity index (χ3v) is 5.49. The maximum absolute atomic E-state index is 12.8. The number of carbonyl (C=O) groups is 1. The molecule has 0 aromatic heterocycles. The van der Waals surface area contributed by atoms with Crippen molar-refractivity contribution < 1.29 is 4.79 Å².